The molecular weight excluding hydrogens is 536 g/mol. The summed E-state index contributed by atoms with van der Waals surface area (Å²) in [4.78, 5) is 19.3. The largest absolute Gasteiger partial charge is 0.377 e. The Labute approximate surface area is 223 Å². The van der Waals surface area contributed by atoms with Gasteiger partial charge in [0.05, 0.1) is 16.3 Å². The van der Waals surface area contributed by atoms with Crippen LogP contribution in [0.5, 0.6) is 0 Å². The zero-order valence-electron chi connectivity index (χ0n) is 20.2. The molecule has 3 aromatic heterocycles. The van der Waals surface area contributed by atoms with Crippen LogP contribution in [0.15, 0.2) is 55.0 Å². The molecule has 0 aliphatic carbocycles. The highest BCUT2D eigenvalue weighted by Crippen LogP contribution is 2.46. The van der Waals surface area contributed by atoms with Gasteiger partial charge in [-0.2, -0.15) is 8.78 Å². The molecule has 8 nitrogen and oxygen atoms in total. The van der Waals surface area contributed by atoms with Gasteiger partial charge in [-0.25, -0.2) is 13.5 Å². The van der Waals surface area contributed by atoms with Gasteiger partial charge in [0.2, 0.25) is 0 Å². The predicted molar refractivity (Wildman–Crippen MR) is 132 cm³/mol. The van der Waals surface area contributed by atoms with Crippen LogP contribution in [0.25, 0.3) is 0 Å². The average Bonchev–Trinajstić information content (AvgIpc) is 3.71. The lowest BCUT2D eigenvalue weighted by Gasteiger charge is -2.35. The summed E-state index contributed by atoms with van der Waals surface area (Å²) in [7, 11) is 0. The highest BCUT2D eigenvalue weighted by atomic mass is 32.1. The lowest BCUT2D eigenvalue weighted by atomic mass is 9.84. The number of likely N-dealkylation sites (tertiary alicyclic amines) is 1. The number of aromatic nitrogens is 5. The number of pyridine rings is 1. The summed E-state index contributed by atoms with van der Waals surface area (Å²) >= 11 is 1.24. The van der Waals surface area contributed by atoms with Crippen LogP contribution in [0, 0.1) is 23.5 Å². The number of tetrazole rings is 1. The second-order valence-corrected chi connectivity index (χ2v) is 10.00. The molecule has 0 saturated carbocycles. The normalized spacial score (nSPS) is 15.1. The number of alkyl halides is 2. The van der Waals surface area contributed by atoms with E-state index in [1.54, 1.807) is 17.0 Å². The van der Waals surface area contributed by atoms with Crippen molar-refractivity contribution in [2.75, 3.05) is 13.1 Å². The quantitative estimate of drug-likeness (QED) is 0.287. The molecule has 1 amide bonds. The van der Waals surface area contributed by atoms with Gasteiger partial charge in [-0.1, -0.05) is 11.8 Å². The first-order valence-electron chi connectivity index (χ1n) is 11.8. The maximum absolute atomic E-state index is 15.8. The number of halogens is 4. The number of carbonyl (C=O) groups is 1. The number of hydrogen-bond donors (Lipinski definition) is 1. The first-order chi connectivity index (χ1) is 18.7. The van der Waals surface area contributed by atoms with Crippen molar-refractivity contribution in [2.45, 2.75) is 30.9 Å². The Hall–Kier alpha value is -4.15. The Morgan fingerprint density at radius 3 is 2.54 bits per heavy atom. The van der Waals surface area contributed by atoms with Crippen molar-refractivity contribution < 1.29 is 27.5 Å². The lowest BCUT2D eigenvalue weighted by Crippen LogP contribution is -2.48. The zero-order chi connectivity index (χ0) is 27.6. The summed E-state index contributed by atoms with van der Waals surface area (Å²) < 4.78 is 60.6. The van der Waals surface area contributed by atoms with Gasteiger partial charge in [0.25, 0.3) is 5.91 Å². The molecule has 0 unspecified atom stereocenters. The maximum atomic E-state index is 15.8. The van der Waals surface area contributed by atoms with Crippen molar-refractivity contribution in [3.05, 3.63) is 93.2 Å². The summed E-state index contributed by atoms with van der Waals surface area (Å²) in [5, 5.41) is 21.4. The molecule has 0 bridgehead atoms. The highest BCUT2D eigenvalue weighted by Gasteiger charge is 2.58. The molecule has 1 aromatic carbocycles. The minimum atomic E-state index is -4.16. The molecule has 4 aromatic rings. The topological polar surface area (TPSA) is 97.0 Å². The summed E-state index contributed by atoms with van der Waals surface area (Å²) in [5.41, 5.74) is -4.66. The summed E-state index contributed by atoms with van der Waals surface area (Å²) in [5.74, 6) is -0.856. The van der Waals surface area contributed by atoms with Gasteiger partial charge in [-0.3, -0.25) is 9.78 Å². The van der Waals surface area contributed by atoms with E-state index in [9.17, 15) is 18.7 Å². The Balaban J connectivity index is 1.40. The third-order valence-corrected chi connectivity index (χ3v) is 7.29. The maximum Gasteiger partial charge on any atom is 0.323 e. The zero-order valence-corrected chi connectivity index (χ0v) is 21.0. The van der Waals surface area contributed by atoms with Gasteiger partial charge >= 0.3 is 5.92 Å². The first kappa shape index (κ1) is 26.5. The number of hydrogen-bond acceptors (Lipinski definition) is 7. The second kappa shape index (κ2) is 10.5. The van der Waals surface area contributed by atoms with Gasteiger partial charge in [0, 0.05) is 36.5 Å². The number of thiophene rings is 1. The lowest BCUT2D eigenvalue weighted by molar-refractivity contribution is -0.207. The fourth-order valence-corrected chi connectivity index (χ4v) is 5.09. The van der Waals surface area contributed by atoms with Crippen LogP contribution in [-0.2, 0) is 18.1 Å². The molecule has 1 aliphatic heterocycles. The van der Waals surface area contributed by atoms with Crippen molar-refractivity contribution in [1.29, 1.82) is 0 Å². The molecule has 4 heterocycles. The van der Waals surface area contributed by atoms with Gasteiger partial charge in [-0.05, 0) is 59.7 Å². The van der Waals surface area contributed by atoms with Gasteiger partial charge < -0.3 is 10.0 Å². The Morgan fingerprint density at radius 1 is 1.08 bits per heavy atom. The molecule has 13 heteroatoms. The van der Waals surface area contributed by atoms with E-state index in [-0.39, 0.29) is 5.91 Å². The van der Waals surface area contributed by atoms with Crippen molar-refractivity contribution in [1.82, 2.24) is 30.1 Å². The number of nitrogens with zero attached hydrogens (tertiary/aromatic N) is 6. The van der Waals surface area contributed by atoms with Crippen LogP contribution in [0.3, 0.4) is 0 Å². The van der Waals surface area contributed by atoms with Crippen LogP contribution >= 0.6 is 11.3 Å². The first-order valence-corrected chi connectivity index (χ1v) is 12.6. The Kier molecular flexibility index (Phi) is 7.16. The van der Waals surface area contributed by atoms with Gasteiger partial charge in [-0.15, -0.1) is 16.4 Å². The highest BCUT2D eigenvalue weighted by molar-refractivity contribution is 7.14. The summed E-state index contributed by atoms with van der Waals surface area (Å²) in [6.07, 6.45) is 4.04. The van der Waals surface area contributed by atoms with E-state index in [0.717, 1.165) is 61.3 Å². The molecule has 1 aliphatic rings. The minimum absolute atomic E-state index is 0.0365. The SMILES string of the molecule is O=C(c1ccc(C#Cc2ccc(C(F)(F)[C@@](O)(Cn3cnnn3)c3ccc(F)cc3F)nc2)s1)N1CCCC1. The molecule has 5 rings (SSSR count). The van der Waals surface area contributed by atoms with E-state index >= 15 is 8.78 Å². The minimum Gasteiger partial charge on any atom is -0.377 e. The van der Waals surface area contributed by atoms with Crippen molar-refractivity contribution in [3.8, 4) is 11.8 Å². The van der Waals surface area contributed by atoms with Crippen LogP contribution < -0.4 is 0 Å². The molecule has 1 fully saturated rings. The Morgan fingerprint density at radius 2 is 1.87 bits per heavy atom. The van der Waals surface area contributed by atoms with E-state index in [1.165, 1.54) is 17.4 Å². The van der Waals surface area contributed by atoms with Crippen molar-refractivity contribution >= 4 is 17.2 Å². The molecule has 0 radical (unpaired) electrons. The van der Waals surface area contributed by atoms with E-state index in [4.69, 9.17) is 0 Å². The predicted octanol–water partition coefficient (Wildman–Crippen LogP) is 3.72. The molecule has 1 atom stereocenters. The van der Waals surface area contributed by atoms with E-state index in [2.05, 4.69) is 32.4 Å². The standard InChI is InChI=1S/C26H20F4N6O2S/c27-18-5-8-20(21(28)13-18)25(38,15-36-16-32-33-34-36)26(29,30)23-10-4-17(14-31-23)3-6-19-7-9-22(39-19)24(37)35-11-1-2-12-35/h4-5,7-10,13-14,16,38H,1-2,11-12,15H2/t25-/m1/s1. The van der Waals surface area contributed by atoms with Crippen molar-refractivity contribution in [2.24, 2.45) is 0 Å². The van der Waals surface area contributed by atoms with Crippen LogP contribution in [0.1, 0.15) is 44.2 Å². The van der Waals surface area contributed by atoms with Gasteiger partial charge in [0.15, 0.2) is 5.60 Å². The smallest absolute Gasteiger partial charge is 0.323 e. The molecule has 39 heavy (non-hydrogen) atoms. The molecule has 0 spiro atoms. The molecule has 200 valence electrons. The van der Waals surface area contributed by atoms with Crippen molar-refractivity contribution in [3.63, 3.8) is 0 Å². The molecule has 1 N–H and O–H groups in total. The third-order valence-electron chi connectivity index (χ3n) is 6.30. The number of benzene rings is 1. The van der Waals surface area contributed by atoms with Crippen LogP contribution in [0.2, 0.25) is 0 Å². The fourth-order valence-electron chi connectivity index (χ4n) is 4.26. The third kappa shape index (κ3) is 5.25. The average molecular weight is 557 g/mol. The van der Waals surface area contributed by atoms with Crippen LogP contribution in [-0.4, -0.2) is 54.2 Å². The number of amides is 1. The number of rotatable bonds is 6. The number of aliphatic hydroxyl groups is 1. The molecule has 1 saturated heterocycles. The monoisotopic (exact) mass is 556 g/mol. The molecular formula is C26H20F4N6O2S. The summed E-state index contributed by atoms with van der Waals surface area (Å²) in [6.45, 7) is 0.522. The van der Waals surface area contributed by atoms with Gasteiger partial charge in [0.1, 0.15) is 23.7 Å². The van der Waals surface area contributed by atoms with E-state index in [1.807, 2.05) is 0 Å². The number of carbonyl (C=O) groups excluding carboxylic acids is 1. The van der Waals surface area contributed by atoms with E-state index in [0.29, 0.717) is 21.4 Å². The van der Waals surface area contributed by atoms with E-state index < -0.39 is 41.0 Å². The second-order valence-electron chi connectivity index (χ2n) is 8.91. The summed E-state index contributed by atoms with van der Waals surface area (Å²) in [6, 6.07) is 7.58. The fraction of sp³-hybridized carbons (Fsp3) is 0.269. The van der Waals surface area contributed by atoms with Crippen LogP contribution in [0.4, 0.5) is 17.6 Å². The Bertz CT molecular complexity index is 1540.